The smallest absolute Gasteiger partial charge is 0.282 e. The number of halogens is 1. The third-order valence-electron chi connectivity index (χ3n) is 5.49. The molecular formula is C21H22ClN3O2S. The van der Waals surface area contributed by atoms with Crippen LogP contribution in [0.15, 0.2) is 35.3 Å². The second-order valence-electron chi connectivity index (χ2n) is 8.31. The molecule has 1 amide bonds. The van der Waals surface area contributed by atoms with Gasteiger partial charge in [-0.05, 0) is 42.7 Å². The van der Waals surface area contributed by atoms with E-state index in [0.29, 0.717) is 21.5 Å². The Kier molecular flexibility index (Phi) is 4.79. The first kappa shape index (κ1) is 19.2. The Morgan fingerprint density at radius 3 is 2.79 bits per heavy atom. The Labute approximate surface area is 172 Å². The van der Waals surface area contributed by atoms with Crippen LogP contribution in [-0.4, -0.2) is 15.3 Å². The van der Waals surface area contributed by atoms with Gasteiger partial charge in [0.1, 0.15) is 5.69 Å². The van der Waals surface area contributed by atoms with Crippen molar-refractivity contribution in [1.82, 2.24) is 9.38 Å². The molecule has 7 heteroatoms. The third-order valence-corrected chi connectivity index (χ3v) is 6.94. The van der Waals surface area contributed by atoms with Gasteiger partial charge in [-0.1, -0.05) is 44.5 Å². The van der Waals surface area contributed by atoms with Gasteiger partial charge in [0.05, 0.1) is 16.8 Å². The highest BCUT2D eigenvalue weighted by atomic mass is 35.5. The van der Waals surface area contributed by atoms with Gasteiger partial charge in [-0.2, -0.15) is 0 Å². The minimum absolute atomic E-state index is 0.168. The van der Waals surface area contributed by atoms with Crippen molar-refractivity contribution in [3.63, 3.8) is 0 Å². The van der Waals surface area contributed by atoms with Crippen molar-refractivity contribution >= 4 is 39.5 Å². The Balaban J connectivity index is 1.70. The normalized spacial score (nSPS) is 16.8. The van der Waals surface area contributed by atoms with Gasteiger partial charge in [-0.15, -0.1) is 11.3 Å². The number of amides is 1. The molecule has 0 bridgehead atoms. The largest absolute Gasteiger partial charge is 0.316 e. The van der Waals surface area contributed by atoms with Gasteiger partial charge in [0.15, 0.2) is 4.96 Å². The molecule has 0 spiro atoms. The molecule has 0 saturated carbocycles. The Bertz CT molecular complexity index is 1130. The Hall–Kier alpha value is -2.18. The van der Waals surface area contributed by atoms with Crippen LogP contribution in [0, 0.1) is 11.3 Å². The number of nitrogens with zero attached hydrogens (tertiary/aromatic N) is 2. The number of carbonyl (C=O) groups is 1. The van der Waals surface area contributed by atoms with Crippen LogP contribution in [0.3, 0.4) is 0 Å². The summed E-state index contributed by atoms with van der Waals surface area (Å²) >= 11 is 7.67. The Morgan fingerprint density at radius 1 is 1.32 bits per heavy atom. The van der Waals surface area contributed by atoms with Crippen LogP contribution >= 0.6 is 22.9 Å². The number of hydrogen-bond donors (Lipinski definition) is 1. The number of fused-ring (bicyclic) bond motifs is 3. The molecule has 0 fully saturated rings. The van der Waals surface area contributed by atoms with Crippen molar-refractivity contribution in [2.75, 3.05) is 5.32 Å². The fraction of sp³-hybridized carbons (Fsp3) is 0.381. The summed E-state index contributed by atoms with van der Waals surface area (Å²) in [6, 6.07) is 6.76. The van der Waals surface area contributed by atoms with Crippen molar-refractivity contribution in [3.8, 4) is 0 Å². The van der Waals surface area contributed by atoms with Crippen LogP contribution in [0.25, 0.3) is 4.96 Å². The third kappa shape index (κ3) is 3.35. The summed E-state index contributed by atoms with van der Waals surface area (Å²) in [5.74, 6) is 0.171. The molecule has 1 aliphatic rings. The molecule has 1 N–H and O–H groups in total. The molecule has 0 radical (unpaired) electrons. The van der Waals surface area contributed by atoms with E-state index in [1.807, 2.05) is 0 Å². The Morgan fingerprint density at radius 2 is 2.07 bits per heavy atom. The molecule has 3 aromatic rings. The summed E-state index contributed by atoms with van der Waals surface area (Å²) in [5, 5.41) is 3.02. The second kappa shape index (κ2) is 7.01. The molecule has 5 nitrogen and oxygen atoms in total. The number of aryl methyl sites for hydroxylation is 1. The predicted molar refractivity (Wildman–Crippen MR) is 114 cm³/mol. The topological polar surface area (TPSA) is 63.5 Å². The van der Waals surface area contributed by atoms with E-state index in [0.717, 1.165) is 25.0 Å². The fourth-order valence-electron chi connectivity index (χ4n) is 3.75. The summed E-state index contributed by atoms with van der Waals surface area (Å²) in [5.41, 5.74) is 1.53. The zero-order valence-corrected chi connectivity index (χ0v) is 17.7. The van der Waals surface area contributed by atoms with Gasteiger partial charge in [-0.25, -0.2) is 4.98 Å². The number of thiazole rings is 1. The van der Waals surface area contributed by atoms with E-state index >= 15 is 0 Å². The maximum absolute atomic E-state index is 13.1. The van der Waals surface area contributed by atoms with Crippen molar-refractivity contribution < 1.29 is 4.79 Å². The lowest BCUT2D eigenvalue weighted by atomic mass is 9.73. The highest BCUT2D eigenvalue weighted by molar-refractivity contribution is 7.17. The van der Waals surface area contributed by atoms with E-state index in [9.17, 15) is 9.59 Å². The molecule has 1 aliphatic carbocycles. The lowest BCUT2D eigenvalue weighted by molar-refractivity contribution is 0.102. The summed E-state index contributed by atoms with van der Waals surface area (Å²) < 4.78 is 1.67. The van der Waals surface area contributed by atoms with E-state index in [4.69, 9.17) is 11.6 Å². The van der Waals surface area contributed by atoms with Crippen LogP contribution in [0.1, 0.15) is 48.1 Å². The van der Waals surface area contributed by atoms with E-state index in [2.05, 4.69) is 31.1 Å². The van der Waals surface area contributed by atoms with Gasteiger partial charge in [0.2, 0.25) is 0 Å². The molecule has 1 aromatic carbocycles. The number of benzene rings is 1. The first-order chi connectivity index (χ1) is 13.3. The summed E-state index contributed by atoms with van der Waals surface area (Å²) in [6.45, 7) is 6.80. The maximum atomic E-state index is 13.1. The van der Waals surface area contributed by atoms with E-state index in [-0.39, 0.29) is 16.7 Å². The molecule has 28 heavy (non-hydrogen) atoms. The molecule has 0 saturated heterocycles. The fourth-order valence-corrected chi connectivity index (χ4v) is 5.18. The van der Waals surface area contributed by atoms with Gasteiger partial charge >= 0.3 is 0 Å². The minimum Gasteiger partial charge on any atom is -0.316 e. The number of nitrogens with one attached hydrogen (secondary N) is 1. The van der Waals surface area contributed by atoms with Crippen molar-refractivity contribution in [3.05, 3.63) is 62.0 Å². The highest BCUT2D eigenvalue weighted by Crippen LogP contribution is 2.39. The van der Waals surface area contributed by atoms with Gasteiger partial charge in [0.25, 0.3) is 11.5 Å². The van der Waals surface area contributed by atoms with Crippen LogP contribution in [0.2, 0.25) is 5.02 Å². The predicted octanol–water partition coefficient (Wildman–Crippen LogP) is 4.81. The quantitative estimate of drug-likeness (QED) is 0.653. The lowest BCUT2D eigenvalue weighted by Gasteiger charge is -2.33. The van der Waals surface area contributed by atoms with Crippen molar-refractivity contribution in [1.29, 1.82) is 0 Å². The summed E-state index contributed by atoms with van der Waals surface area (Å²) in [7, 11) is 0. The van der Waals surface area contributed by atoms with E-state index in [1.54, 1.807) is 40.0 Å². The molecule has 0 aliphatic heterocycles. The molecule has 4 rings (SSSR count). The summed E-state index contributed by atoms with van der Waals surface area (Å²) in [4.78, 5) is 32.0. The zero-order valence-electron chi connectivity index (χ0n) is 16.1. The van der Waals surface area contributed by atoms with Crippen LogP contribution in [0.5, 0.6) is 0 Å². The van der Waals surface area contributed by atoms with E-state index in [1.165, 1.54) is 11.1 Å². The number of hydrogen-bond acceptors (Lipinski definition) is 4. The van der Waals surface area contributed by atoms with Gasteiger partial charge in [0, 0.05) is 10.6 Å². The van der Waals surface area contributed by atoms with Crippen LogP contribution in [-0.2, 0) is 12.8 Å². The highest BCUT2D eigenvalue weighted by Gasteiger charge is 2.31. The zero-order chi connectivity index (χ0) is 20.1. The van der Waals surface area contributed by atoms with Crippen molar-refractivity contribution in [2.45, 2.75) is 40.0 Å². The SMILES string of the molecule is CC(C)(C)C1CCc2c(sc3ncc(NC(=O)c4ccccc4Cl)c(=O)n23)C1. The number of aromatic nitrogens is 2. The van der Waals surface area contributed by atoms with Crippen LogP contribution < -0.4 is 10.9 Å². The monoisotopic (exact) mass is 415 g/mol. The van der Waals surface area contributed by atoms with E-state index < -0.39 is 5.91 Å². The van der Waals surface area contributed by atoms with Crippen molar-refractivity contribution in [2.24, 2.45) is 11.3 Å². The van der Waals surface area contributed by atoms with Crippen LogP contribution in [0.4, 0.5) is 5.69 Å². The second-order valence-corrected chi connectivity index (χ2v) is 9.78. The first-order valence-electron chi connectivity index (χ1n) is 9.34. The molecular weight excluding hydrogens is 394 g/mol. The van der Waals surface area contributed by atoms with Gasteiger partial charge in [-0.3, -0.25) is 14.0 Å². The number of carbonyl (C=O) groups excluding carboxylic acids is 1. The molecule has 146 valence electrons. The number of anilines is 1. The average Bonchev–Trinajstić information content (AvgIpc) is 3.02. The molecule has 2 heterocycles. The molecule has 1 unspecified atom stereocenters. The maximum Gasteiger partial charge on any atom is 0.282 e. The standard InChI is InChI=1S/C21H22ClN3O2S/c1-21(2,3)12-8-9-16-17(10-12)28-20-23-11-15(19(27)25(16)20)24-18(26)13-6-4-5-7-14(13)22/h4-7,11-12H,8-10H2,1-3H3,(H,24,26). The first-order valence-corrected chi connectivity index (χ1v) is 10.5. The number of rotatable bonds is 2. The minimum atomic E-state index is -0.415. The van der Waals surface area contributed by atoms with Gasteiger partial charge < -0.3 is 5.32 Å². The summed E-state index contributed by atoms with van der Waals surface area (Å²) in [6.07, 6.45) is 4.30. The molecule has 2 aromatic heterocycles. The average molecular weight is 416 g/mol. The lowest BCUT2D eigenvalue weighted by Crippen LogP contribution is -2.28. The molecule has 1 atom stereocenters.